The zero-order chi connectivity index (χ0) is 21.3. The smallest absolute Gasteiger partial charge is 0.122 e. The van der Waals surface area contributed by atoms with Crippen LogP contribution in [-0.2, 0) is 0 Å². The summed E-state index contributed by atoms with van der Waals surface area (Å²) in [7, 11) is 0. The van der Waals surface area contributed by atoms with E-state index in [9.17, 15) is 0 Å². The van der Waals surface area contributed by atoms with Crippen molar-refractivity contribution in [1.29, 1.82) is 0 Å². The van der Waals surface area contributed by atoms with E-state index >= 15 is 0 Å². The lowest BCUT2D eigenvalue weighted by molar-refractivity contribution is 0.302. The number of hydrogen-bond donors (Lipinski definition) is 0. The van der Waals surface area contributed by atoms with E-state index in [4.69, 9.17) is 4.74 Å². The Balaban J connectivity index is 1.62. The molecular weight excluding hydrogens is 364 g/mol. The van der Waals surface area contributed by atoms with Gasteiger partial charge in [0.15, 0.2) is 0 Å². The van der Waals surface area contributed by atoms with Gasteiger partial charge in [-0.3, -0.25) is 0 Å². The van der Waals surface area contributed by atoms with Crippen LogP contribution < -0.4 is 4.74 Å². The zero-order valence-electron chi connectivity index (χ0n) is 19.8. The average Bonchev–Trinajstić information content (AvgIpc) is 2.76. The van der Waals surface area contributed by atoms with E-state index in [2.05, 4.69) is 64.1 Å². The molecule has 0 saturated heterocycles. The first-order valence-corrected chi connectivity index (χ1v) is 12.5. The van der Waals surface area contributed by atoms with E-state index < -0.39 is 0 Å². The molecule has 3 rings (SSSR count). The second-order valence-electron chi connectivity index (χ2n) is 9.47. The highest BCUT2D eigenvalue weighted by Crippen LogP contribution is 2.39. The van der Waals surface area contributed by atoms with Gasteiger partial charge in [-0.15, -0.1) is 0 Å². The maximum Gasteiger partial charge on any atom is 0.122 e. The second-order valence-corrected chi connectivity index (χ2v) is 9.47. The van der Waals surface area contributed by atoms with Crippen LogP contribution in [0.15, 0.2) is 36.4 Å². The lowest BCUT2D eigenvalue weighted by Gasteiger charge is -2.30. The van der Waals surface area contributed by atoms with Gasteiger partial charge in [0.1, 0.15) is 5.75 Å². The molecule has 2 aromatic carbocycles. The van der Waals surface area contributed by atoms with E-state index in [1.807, 2.05) is 0 Å². The van der Waals surface area contributed by atoms with Crippen molar-refractivity contribution in [3.8, 4) is 16.9 Å². The van der Waals surface area contributed by atoms with Gasteiger partial charge in [0.05, 0.1) is 6.61 Å². The largest absolute Gasteiger partial charge is 0.493 e. The van der Waals surface area contributed by atoms with Crippen molar-refractivity contribution in [2.45, 2.75) is 97.8 Å². The van der Waals surface area contributed by atoms with Crippen molar-refractivity contribution >= 4 is 0 Å². The second kappa shape index (κ2) is 11.6. The minimum atomic E-state index is 0.762. The average molecular weight is 407 g/mol. The van der Waals surface area contributed by atoms with Gasteiger partial charge >= 0.3 is 0 Å². The predicted octanol–water partition coefficient (Wildman–Crippen LogP) is 9.00. The Labute approximate surface area is 185 Å². The SMILES string of the molecule is CCCCCC1CCC(c2ccc(-c3ccc(OCCCC)c(C)c3)cc2C)CC1. The number of hydrogen-bond acceptors (Lipinski definition) is 1. The maximum atomic E-state index is 5.93. The summed E-state index contributed by atoms with van der Waals surface area (Å²) in [4.78, 5) is 0. The highest BCUT2D eigenvalue weighted by atomic mass is 16.5. The molecular formula is C29H42O. The summed E-state index contributed by atoms with van der Waals surface area (Å²) in [6, 6.07) is 13.8. The Hall–Kier alpha value is -1.76. The number of ether oxygens (including phenoxy) is 1. The zero-order valence-corrected chi connectivity index (χ0v) is 19.8. The Morgan fingerprint density at radius 3 is 2.07 bits per heavy atom. The highest BCUT2D eigenvalue weighted by Gasteiger charge is 2.23. The molecule has 30 heavy (non-hydrogen) atoms. The lowest BCUT2D eigenvalue weighted by atomic mass is 9.76. The summed E-state index contributed by atoms with van der Waals surface area (Å²) in [5.74, 6) is 2.77. The van der Waals surface area contributed by atoms with Gasteiger partial charge in [0, 0.05) is 0 Å². The molecule has 0 aromatic heterocycles. The lowest BCUT2D eigenvalue weighted by Crippen LogP contribution is -2.14. The molecule has 0 spiro atoms. The molecule has 1 aliphatic rings. The van der Waals surface area contributed by atoms with Crippen LogP contribution in [0.4, 0.5) is 0 Å². The summed E-state index contributed by atoms with van der Waals surface area (Å²) >= 11 is 0. The quantitative estimate of drug-likeness (QED) is 0.358. The molecule has 1 nitrogen and oxygen atoms in total. The molecule has 0 atom stereocenters. The predicted molar refractivity (Wildman–Crippen MR) is 131 cm³/mol. The van der Waals surface area contributed by atoms with Crippen LogP contribution in [0.3, 0.4) is 0 Å². The van der Waals surface area contributed by atoms with Gasteiger partial charge < -0.3 is 4.74 Å². The molecule has 0 radical (unpaired) electrons. The van der Waals surface area contributed by atoms with E-state index in [0.29, 0.717) is 0 Å². The van der Waals surface area contributed by atoms with E-state index in [1.165, 1.54) is 80.0 Å². The first-order chi connectivity index (χ1) is 14.6. The van der Waals surface area contributed by atoms with Gasteiger partial charge in [-0.1, -0.05) is 70.2 Å². The summed E-state index contributed by atoms with van der Waals surface area (Å²) < 4.78 is 5.93. The Morgan fingerprint density at radius 1 is 0.767 bits per heavy atom. The number of benzene rings is 2. The monoisotopic (exact) mass is 406 g/mol. The molecule has 0 amide bonds. The molecule has 1 fully saturated rings. The first kappa shape index (κ1) is 22.9. The van der Waals surface area contributed by atoms with E-state index in [-0.39, 0.29) is 0 Å². The Kier molecular flexibility index (Phi) is 8.85. The van der Waals surface area contributed by atoms with Crippen LogP contribution in [0, 0.1) is 19.8 Å². The van der Waals surface area contributed by atoms with Crippen molar-refractivity contribution in [3.63, 3.8) is 0 Å². The van der Waals surface area contributed by atoms with Crippen LogP contribution in [-0.4, -0.2) is 6.61 Å². The molecule has 0 unspecified atom stereocenters. The summed E-state index contributed by atoms with van der Waals surface area (Å²) in [5, 5.41) is 0. The number of unbranched alkanes of at least 4 members (excludes halogenated alkanes) is 3. The third kappa shape index (κ3) is 6.13. The normalized spacial score (nSPS) is 19.1. The van der Waals surface area contributed by atoms with Crippen molar-refractivity contribution in [2.75, 3.05) is 6.61 Å². The van der Waals surface area contributed by atoms with Gasteiger partial charge in [-0.05, 0) is 97.7 Å². The van der Waals surface area contributed by atoms with Crippen molar-refractivity contribution < 1.29 is 4.74 Å². The van der Waals surface area contributed by atoms with Gasteiger partial charge in [0.2, 0.25) is 0 Å². The van der Waals surface area contributed by atoms with Crippen LogP contribution in [0.25, 0.3) is 11.1 Å². The summed E-state index contributed by atoms with van der Waals surface area (Å²) in [6.07, 6.45) is 13.5. The fourth-order valence-corrected chi connectivity index (χ4v) is 5.08. The van der Waals surface area contributed by atoms with Gasteiger partial charge in [-0.2, -0.15) is 0 Å². The van der Waals surface area contributed by atoms with Crippen molar-refractivity contribution in [2.24, 2.45) is 5.92 Å². The van der Waals surface area contributed by atoms with Gasteiger partial charge in [0.25, 0.3) is 0 Å². The summed E-state index contributed by atoms with van der Waals surface area (Å²) in [5.41, 5.74) is 6.90. The van der Waals surface area contributed by atoms with Crippen LogP contribution >= 0.6 is 0 Å². The maximum absolute atomic E-state index is 5.93. The molecule has 0 aliphatic heterocycles. The minimum absolute atomic E-state index is 0.762. The standard InChI is InChI=1S/C29H42O/c1-5-7-9-10-24-11-13-25(14-12-24)28-17-15-26(20-22(28)3)27-16-18-29(23(4)21-27)30-19-8-6-2/h15-18,20-21,24-25H,5-14,19H2,1-4H3. The molecule has 0 N–H and O–H groups in total. The van der Waals surface area contributed by atoms with Crippen LogP contribution in [0.2, 0.25) is 0 Å². The summed E-state index contributed by atoms with van der Waals surface area (Å²) in [6.45, 7) is 9.78. The number of rotatable bonds is 10. The Morgan fingerprint density at radius 2 is 1.43 bits per heavy atom. The molecule has 1 heteroatoms. The van der Waals surface area contributed by atoms with Gasteiger partial charge in [-0.25, -0.2) is 0 Å². The fourth-order valence-electron chi connectivity index (χ4n) is 5.08. The third-order valence-corrected chi connectivity index (χ3v) is 7.04. The minimum Gasteiger partial charge on any atom is -0.493 e. The topological polar surface area (TPSA) is 9.23 Å². The third-order valence-electron chi connectivity index (χ3n) is 7.04. The molecule has 0 bridgehead atoms. The van der Waals surface area contributed by atoms with Crippen LogP contribution in [0.5, 0.6) is 5.75 Å². The Bertz CT molecular complexity index is 783. The molecule has 164 valence electrons. The highest BCUT2D eigenvalue weighted by molar-refractivity contribution is 5.67. The molecule has 1 aliphatic carbocycles. The first-order valence-electron chi connectivity index (χ1n) is 12.5. The van der Waals surface area contributed by atoms with Crippen molar-refractivity contribution in [3.05, 3.63) is 53.1 Å². The number of aryl methyl sites for hydroxylation is 2. The van der Waals surface area contributed by atoms with E-state index in [1.54, 1.807) is 5.56 Å². The van der Waals surface area contributed by atoms with Crippen molar-refractivity contribution in [1.82, 2.24) is 0 Å². The molecule has 1 saturated carbocycles. The fraction of sp³-hybridized carbons (Fsp3) is 0.586. The van der Waals surface area contributed by atoms with E-state index in [0.717, 1.165) is 30.6 Å². The van der Waals surface area contributed by atoms with Crippen LogP contribution in [0.1, 0.15) is 101 Å². The molecule has 0 heterocycles. The molecule has 2 aromatic rings.